The van der Waals surface area contributed by atoms with Gasteiger partial charge in [0, 0.05) is 12.1 Å². The minimum Gasteiger partial charge on any atom is -0.496 e. The number of amides is 3. The number of carbonyl (C=O) groups is 2. The molecule has 5 rings (SSSR count). The van der Waals surface area contributed by atoms with Crippen molar-refractivity contribution >= 4 is 11.9 Å². The van der Waals surface area contributed by atoms with Gasteiger partial charge in [-0.15, -0.1) is 0 Å². The third-order valence-electron chi connectivity index (χ3n) is 7.58. The van der Waals surface area contributed by atoms with Crippen LogP contribution in [-0.4, -0.2) is 66.7 Å². The van der Waals surface area contributed by atoms with Crippen molar-refractivity contribution in [3.05, 3.63) is 54.1 Å². The van der Waals surface area contributed by atoms with E-state index in [1.165, 1.54) is 4.90 Å². The Kier molecular flexibility index (Phi) is 6.56. The lowest BCUT2D eigenvalue weighted by Gasteiger charge is -2.40. The molecule has 1 N–H and O–H groups in total. The minimum absolute atomic E-state index is 0.0899. The summed E-state index contributed by atoms with van der Waals surface area (Å²) in [4.78, 5) is 30.3. The molecule has 2 saturated heterocycles. The van der Waals surface area contributed by atoms with Crippen LogP contribution in [0.25, 0.3) is 0 Å². The lowest BCUT2D eigenvalue weighted by molar-refractivity contribution is -0.135. The van der Waals surface area contributed by atoms with Gasteiger partial charge < -0.3 is 19.5 Å². The molecule has 3 aliphatic heterocycles. The molecule has 2 fully saturated rings. The fourth-order valence-corrected chi connectivity index (χ4v) is 5.63. The van der Waals surface area contributed by atoms with E-state index in [0.29, 0.717) is 24.5 Å². The van der Waals surface area contributed by atoms with E-state index in [9.17, 15) is 9.59 Å². The molecule has 0 radical (unpaired) electrons. The highest BCUT2D eigenvalue weighted by molar-refractivity contribution is 6.07. The van der Waals surface area contributed by atoms with Crippen LogP contribution in [0.5, 0.6) is 17.2 Å². The Morgan fingerprint density at radius 1 is 1.06 bits per heavy atom. The molecule has 0 aliphatic carbocycles. The summed E-state index contributed by atoms with van der Waals surface area (Å²) < 4.78 is 17.3. The summed E-state index contributed by atoms with van der Waals surface area (Å²) in [5.74, 6) is 2.16. The number of nitrogens with one attached hydrogen (secondary N) is 1. The lowest BCUT2D eigenvalue weighted by atomic mass is 9.75. The van der Waals surface area contributed by atoms with Gasteiger partial charge in [0.1, 0.15) is 17.9 Å². The normalized spacial score (nSPS) is 25.0. The van der Waals surface area contributed by atoms with Crippen molar-refractivity contribution in [1.82, 2.24) is 15.1 Å². The van der Waals surface area contributed by atoms with E-state index in [1.807, 2.05) is 49.4 Å². The van der Waals surface area contributed by atoms with Crippen molar-refractivity contribution in [3.8, 4) is 17.2 Å². The number of hydrogen-bond acceptors (Lipinski definition) is 6. The van der Waals surface area contributed by atoms with E-state index in [-0.39, 0.29) is 24.4 Å². The average molecular weight is 480 g/mol. The lowest BCUT2D eigenvalue weighted by Crippen LogP contribution is -2.56. The molecule has 8 heteroatoms. The molecule has 0 bridgehead atoms. The third-order valence-corrected chi connectivity index (χ3v) is 7.58. The number of carbonyl (C=O) groups excluding carboxylic acids is 2. The Bertz CT molecular complexity index is 1080. The first-order valence-electron chi connectivity index (χ1n) is 12.4. The molecule has 0 unspecified atom stereocenters. The monoisotopic (exact) mass is 479 g/mol. The van der Waals surface area contributed by atoms with Crippen LogP contribution < -0.4 is 19.5 Å². The molecule has 186 valence electrons. The van der Waals surface area contributed by atoms with Gasteiger partial charge in [0.2, 0.25) is 0 Å². The summed E-state index contributed by atoms with van der Waals surface area (Å²) in [7, 11) is 1.69. The average Bonchev–Trinajstić information content (AvgIpc) is 3.14. The van der Waals surface area contributed by atoms with E-state index < -0.39 is 11.6 Å². The van der Waals surface area contributed by atoms with Crippen molar-refractivity contribution in [2.45, 2.75) is 44.4 Å². The van der Waals surface area contributed by atoms with Gasteiger partial charge in [0.15, 0.2) is 17.6 Å². The van der Waals surface area contributed by atoms with Crippen molar-refractivity contribution in [2.24, 2.45) is 5.92 Å². The summed E-state index contributed by atoms with van der Waals surface area (Å²) in [6.07, 6.45) is 1.87. The Labute approximate surface area is 206 Å². The molecular formula is C27H33N3O5. The van der Waals surface area contributed by atoms with Crippen molar-refractivity contribution in [3.63, 3.8) is 0 Å². The smallest absolute Gasteiger partial charge is 0.325 e. The summed E-state index contributed by atoms with van der Waals surface area (Å²) in [5, 5.41) is 3.08. The summed E-state index contributed by atoms with van der Waals surface area (Å²) in [5.41, 5.74) is 0.299. The first kappa shape index (κ1) is 23.5. The van der Waals surface area contributed by atoms with Crippen LogP contribution in [0.3, 0.4) is 0 Å². The standard InChI is InChI=1S/C27H33N3O5/c1-3-27(20-12-14-29(15-13-20)16-19-8-4-5-9-22(19)33-2)25(31)30(26(32)28-27)17-21-18-34-23-10-6-7-11-24(23)35-21/h4-11,20-21H,3,12-18H2,1-2H3,(H,28,32)/t21-,27-/m0/s1. The van der Waals surface area contributed by atoms with E-state index in [0.717, 1.165) is 43.8 Å². The zero-order chi connectivity index (χ0) is 24.4. The molecule has 8 nitrogen and oxygen atoms in total. The van der Waals surface area contributed by atoms with E-state index >= 15 is 0 Å². The Morgan fingerprint density at radius 3 is 2.51 bits per heavy atom. The van der Waals surface area contributed by atoms with Crippen LogP contribution >= 0.6 is 0 Å². The quantitative estimate of drug-likeness (QED) is 0.613. The summed E-state index contributed by atoms with van der Waals surface area (Å²) in [6, 6.07) is 15.2. The van der Waals surface area contributed by atoms with E-state index in [4.69, 9.17) is 14.2 Å². The van der Waals surface area contributed by atoms with Gasteiger partial charge in [-0.05, 0) is 56.5 Å². The molecule has 0 saturated carbocycles. The number of nitrogens with zero attached hydrogens (tertiary/aromatic N) is 2. The second-order valence-electron chi connectivity index (χ2n) is 9.53. The summed E-state index contributed by atoms with van der Waals surface area (Å²) in [6.45, 7) is 5.00. The number of urea groups is 1. The van der Waals surface area contributed by atoms with Gasteiger partial charge in [0.25, 0.3) is 5.91 Å². The number of benzene rings is 2. The number of piperidine rings is 1. The van der Waals surface area contributed by atoms with Crippen LogP contribution in [0.15, 0.2) is 48.5 Å². The molecule has 2 aromatic carbocycles. The number of para-hydroxylation sites is 3. The number of methoxy groups -OCH3 is 1. The fraction of sp³-hybridized carbons (Fsp3) is 0.481. The Balaban J connectivity index is 1.23. The maximum atomic E-state index is 13.7. The van der Waals surface area contributed by atoms with Gasteiger partial charge in [-0.2, -0.15) is 0 Å². The Morgan fingerprint density at radius 2 is 1.77 bits per heavy atom. The highest BCUT2D eigenvalue weighted by atomic mass is 16.6. The number of fused-ring (bicyclic) bond motifs is 1. The zero-order valence-corrected chi connectivity index (χ0v) is 20.4. The predicted octanol–water partition coefficient (Wildman–Crippen LogP) is 3.45. The van der Waals surface area contributed by atoms with Gasteiger partial charge in [0.05, 0.1) is 13.7 Å². The predicted molar refractivity (Wildman–Crippen MR) is 131 cm³/mol. The number of ether oxygens (including phenoxy) is 3. The van der Waals surface area contributed by atoms with E-state index in [1.54, 1.807) is 7.11 Å². The van der Waals surface area contributed by atoms with Crippen molar-refractivity contribution < 1.29 is 23.8 Å². The zero-order valence-electron chi connectivity index (χ0n) is 20.4. The van der Waals surface area contributed by atoms with Crippen molar-refractivity contribution in [1.29, 1.82) is 0 Å². The largest absolute Gasteiger partial charge is 0.496 e. The molecule has 2 aromatic rings. The van der Waals surface area contributed by atoms with Crippen LogP contribution in [0, 0.1) is 5.92 Å². The van der Waals surface area contributed by atoms with Crippen molar-refractivity contribution in [2.75, 3.05) is 33.4 Å². The number of rotatable bonds is 7. The molecule has 3 amide bonds. The SMILES string of the molecule is CC[C@@]1(C2CCN(Cc3ccccc3OC)CC2)NC(=O)N(C[C@H]2COc3ccccc3O2)C1=O. The molecule has 0 aromatic heterocycles. The molecule has 0 spiro atoms. The Hall–Kier alpha value is -3.26. The number of hydrogen-bond donors (Lipinski definition) is 1. The second-order valence-corrected chi connectivity index (χ2v) is 9.53. The second kappa shape index (κ2) is 9.77. The first-order valence-corrected chi connectivity index (χ1v) is 12.4. The number of likely N-dealkylation sites (tertiary alicyclic amines) is 1. The molecule has 2 atom stereocenters. The molecule has 35 heavy (non-hydrogen) atoms. The van der Waals surface area contributed by atoms with E-state index in [2.05, 4.69) is 16.3 Å². The van der Waals surface area contributed by atoms with Crippen LogP contribution in [0.1, 0.15) is 31.7 Å². The molecule has 3 heterocycles. The van der Waals surface area contributed by atoms with Gasteiger partial charge in [-0.1, -0.05) is 37.3 Å². The van der Waals surface area contributed by atoms with Gasteiger partial charge in [-0.25, -0.2) is 4.79 Å². The minimum atomic E-state index is -0.860. The highest BCUT2D eigenvalue weighted by Gasteiger charge is 2.55. The highest BCUT2D eigenvalue weighted by Crippen LogP contribution is 2.37. The number of imide groups is 1. The first-order chi connectivity index (χ1) is 17.0. The maximum Gasteiger partial charge on any atom is 0.325 e. The van der Waals surface area contributed by atoms with Crippen LogP contribution in [0.4, 0.5) is 4.79 Å². The molecular weight excluding hydrogens is 446 g/mol. The third kappa shape index (κ3) is 4.43. The van der Waals surface area contributed by atoms with Gasteiger partial charge in [-0.3, -0.25) is 14.6 Å². The van der Waals surface area contributed by atoms with Crippen LogP contribution in [-0.2, 0) is 11.3 Å². The fourth-order valence-electron chi connectivity index (χ4n) is 5.63. The summed E-state index contributed by atoms with van der Waals surface area (Å²) >= 11 is 0. The van der Waals surface area contributed by atoms with Crippen LogP contribution in [0.2, 0.25) is 0 Å². The molecule has 3 aliphatic rings. The van der Waals surface area contributed by atoms with Gasteiger partial charge >= 0.3 is 6.03 Å². The maximum absolute atomic E-state index is 13.7. The topological polar surface area (TPSA) is 80.3 Å².